The quantitative estimate of drug-likeness (QED) is 0.654. The lowest BCUT2D eigenvalue weighted by atomic mass is 10.2. The number of benzene rings is 2. The van der Waals surface area contributed by atoms with Crippen LogP contribution < -0.4 is 15.0 Å². The van der Waals surface area contributed by atoms with Gasteiger partial charge in [0.1, 0.15) is 5.75 Å². The lowest BCUT2D eigenvalue weighted by Crippen LogP contribution is -3.13. The van der Waals surface area contributed by atoms with Gasteiger partial charge in [-0.15, -0.1) is 0 Å². The first-order valence-corrected chi connectivity index (χ1v) is 9.64. The van der Waals surface area contributed by atoms with Crippen LogP contribution in [0.1, 0.15) is 19.4 Å². The summed E-state index contributed by atoms with van der Waals surface area (Å²) in [7, 11) is 1.59. The van der Waals surface area contributed by atoms with Crippen LogP contribution in [0.15, 0.2) is 54.6 Å². The molecule has 2 N–H and O–H groups in total. The molecule has 0 fully saturated rings. The zero-order valence-corrected chi connectivity index (χ0v) is 16.9. The highest BCUT2D eigenvalue weighted by Gasteiger charge is 2.21. The molecular formula is C22H30N3O3+. The molecule has 0 saturated carbocycles. The molecular weight excluding hydrogens is 354 g/mol. The number of carbonyl (C=O) groups is 2. The fourth-order valence-corrected chi connectivity index (χ4v) is 2.95. The van der Waals surface area contributed by atoms with Crippen molar-refractivity contribution in [1.82, 2.24) is 4.90 Å². The Balaban J connectivity index is 1.90. The number of amides is 2. The Morgan fingerprint density at radius 3 is 2.43 bits per heavy atom. The molecule has 28 heavy (non-hydrogen) atoms. The third-order valence-corrected chi connectivity index (χ3v) is 4.62. The minimum absolute atomic E-state index is 0.0531. The van der Waals surface area contributed by atoms with E-state index in [0.717, 1.165) is 10.5 Å². The average Bonchev–Trinajstić information content (AvgIpc) is 2.72. The van der Waals surface area contributed by atoms with Crippen LogP contribution in [0.25, 0.3) is 0 Å². The van der Waals surface area contributed by atoms with Crippen molar-refractivity contribution in [2.45, 2.75) is 20.4 Å². The maximum Gasteiger partial charge on any atom is 0.279 e. The molecule has 0 spiro atoms. The molecule has 150 valence electrons. The summed E-state index contributed by atoms with van der Waals surface area (Å²) in [5.41, 5.74) is 1.79. The number of quaternary nitrogens is 1. The fourth-order valence-electron chi connectivity index (χ4n) is 2.95. The van der Waals surface area contributed by atoms with Gasteiger partial charge in [-0.25, -0.2) is 0 Å². The second-order valence-electron chi connectivity index (χ2n) is 6.63. The van der Waals surface area contributed by atoms with Gasteiger partial charge in [0.25, 0.3) is 11.8 Å². The zero-order chi connectivity index (χ0) is 20.4. The van der Waals surface area contributed by atoms with Gasteiger partial charge in [0.05, 0.1) is 13.7 Å². The van der Waals surface area contributed by atoms with Crippen LogP contribution in [0.2, 0.25) is 0 Å². The smallest absolute Gasteiger partial charge is 0.279 e. The summed E-state index contributed by atoms with van der Waals surface area (Å²) in [4.78, 5) is 27.9. The first-order chi connectivity index (χ1) is 13.5. The standard InChI is InChI=1S/C22H29N3O3/c1-4-24(16-21(26)23-19-12-9-13-20(14-19)28-3)17-22(27)25(5-2)15-18-10-7-6-8-11-18/h6-14H,4-5,15-17H2,1-3H3,(H,23,26)/p+1. The number of ether oxygens (including phenoxy) is 1. The maximum absolute atomic E-state index is 12.7. The van der Waals surface area contributed by atoms with Crippen molar-refractivity contribution in [3.63, 3.8) is 0 Å². The number of hydrogen-bond acceptors (Lipinski definition) is 3. The number of methoxy groups -OCH3 is 1. The molecule has 2 rings (SSSR count). The predicted octanol–water partition coefficient (Wildman–Crippen LogP) is 1.59. The predicted molar refractivity (Wildman–Crippen MR) is 110 cm³/mol. The van der Waals surface area contributed by atoms with E-state index in [1.54, 1.807) is 13.2 Å². The summed E-state index contributed by atoms with van der Waals surface area (Å²) in [6.45, 7) is 6.41. The first-order valence-electron chi connectivity index (χ1n) is 9.64. The van der Waals surface area contributed by atoms with Gasteiger partial charge in [-0.05, 0) is 31.5 Å². The molecule has 0 heterocycles. The van der Waals surface area contributed by atoms with E-state index in [0.29, 0.717) is 37.6 Å². The van der Waals surface area contributed by atoms with Crippen LogP contribution in [0.3, 0.4) is 0 Å². The maximum atomic E-state index is 12.7. The van der Waals surface area contributed by atoms with Crippen molar-refractivity contribution in [2.24, 2.45) is 0 Å². The summed E-state index contributed by atoms with van der Waals surface area (Å²) in [6, 6.07) is 17.2. The van der Waals surface area contributed by atoms with E-state index in [1.165, 1.54) is 0 Å². The highest BCUT2D eigenvalue weighted by atomic mass is 16.5. The van der Waals surface area contributed by atoms with Gasteiger partial charge in [-0.2, -0.15) is 0 Å². The van der Waals surface area contributed by atoms with E-state index >= 15 is 0 Å². The Hall–Kier alpha value is -2.86. The topological polar surface area (TPSA) is 63.1 Å². The van der Waals surface area contributed by atoms with Crippen molar-refractivity contribution in [2.75, 3.05) is 38.6 Å². The number of likely N-dealkylation sites (N-methyl/N-ethyl adjacent to an activating group) is 2. The summed E-state index contributed by atoms with van der Waals surface area (Å²) in [6.07, 6.45) is 0. The van der Waals surface area contributed by atoms with Gasteiger partial charge in [0.15, 0.2) is 13.1 Å². The van der Waals surface area contributed by atoms with Gasteiger partial charge < -0.3 is 19.9 Å². The Bertz CT molecular complexity index is 765. The van der Waals surface area contributed by atoms with E-state index in [9.17, 15) is 9.59 Å². The Morgan fingerprint density at radius 1 is 1.04 bits per heavy atom. The van der Waals surface area contributed by atoms with Crippen molar-refractivity contribution in [3.05, 3.63) is 60.2 Å². The Kier molecular flexibility index (Phi) is 8.49. The number of hydrogen-bond donors (Lipinski definition) is 2. The lowest BCUT2D eigenvalue weighted by Gasteiger charge is -2.24. The van der Waals surface area contributed by atoms with Gasteiger partial charge in [-0.1, -0.05) is 36.4 Å². The van der Waals surface area contributed by atoms with Crippen LogP contribution in [-0.2, 0) is 16.1 Å². The third kappa shape index (κ3) is 6.70. The molecule has 6 heteroatoms. The van der Waals surface area contributed by atoms with Crippen LogP contribution >= 0.6 is 0 Å². The second-order valence-corrected chi connectivity index (χ2v) is 6.63. The molecule has 0 saturated heterocycles. The lowest BCUT2D eigenvalue weighted by molar-refractivity contribution is -0.882. The molecule has 2 amide bonds. The van der Waals surface area contributed by atoms with Gasteiger partial charge in [0.2, 0.25) is 0 Å². The molecule has 0 aliphatic carbocycles. The minimum Gasteiger partial charge on any atom is -0.497 e. The fraction of sp³-hybridized carbons (Fsp3) is 0.364. The third-order valence-electron chi connectivity index (χ3n) is 4.62. The summed E-state index contributed by atoms with van der Waals surface area (Å²) in [5.74, 6) is 0.619. The molecule has 0 aromatic heterocycles. The zero-order valence-electron chi connectivity index (χ0n) is 16.9. The number of nitrogens with zero attached hydrogens (tertiary/aromatic N) is 1. The van der Waals surface area contributed by atoms with E-state index < -0.39 is 0 Å². The molecule has 1 unspecified atom stereocenters. The van der Waals surface area contributed by atoms with Crippen molar-refractivity contribution in [3.8, 4) is 5.75 Å². The SMILES string of the molecule is CCN(Cc1ccccc1)C(=O)C[NH+](CC)CC(=O)Nc1cccc(OC)c1. The van der Waals surface area contributed by atoms with Crippen LogP contribution in [-0.4, -0.2) is 50.0 Å². The van der Waals surface area contributed by atoms with Crippen LogP contribution in [0.4, 0.5) is 5.69 Å². The molecule has 2 aromatic carbocycles. The van der Waals surface area contributed by atoms with Gasteiger partial charge in [0, 0.05) is 24.8 Å². The normalized spacial score (nSPS) is 11.5. The largest absolute Gasteiger partial charge is 0.497 e. The summed E-state index contributed by atoms with van der Waals surface area (Å²) >= 11 is 0. The number of rotatable bonds is 10. The van der Waals surface area contributed by atoms with Crippen LogP contribution in [0, 0.1) is 0 Å². The van der Waals surface area contributed by atoms with Crippen molar-refractivity contribution < 1.29 is 19.2 Å². The highest BCUT2D eigenvalue weighted by Crippen LogP contribution is 2.16. The minimum atomic E-state index is -0.121. The van der Waals surface area contributed by atoms with Gasteiger partial charge >= 0.3 is 0 Å². The van der Waals surface area contributed by atoms with E-state index in [1.807, 2.05) is 67.3 Å². The molecule has 1 atom stereocenters. The molecule has 0 aliphatic heterocycles. The van der Waals surface area contributed by atoms with Gasteiger partial charge in [-0.3, -0.25) is 9.59 Å². The molecule has 0 aliphatic rings. The number of nitrogens with one attached hydrogen (secondary N) is 2. The van der Waals surface area contributed by atoms with E-state index in [2.05, 4.69) is 5.32 Å². The van der Waals surface area contributed by atoms with Crippen molar-refractivity contribution in [1.29, 1.82) is 0 Å². The monoisotopic (exact) mass is 384 g/mol. The van der Waals surface area contributed by atoms with E-state index in [4.69, 9.17) is 4.74 Å². The number of carbonyl (C=O) groups excluding carboxylic acids is 2. The number of anilines is 1. The Morgan fingerprint density at radius 2 is 1.79 bits per heavy atom. The van der Waals surface area contributed by atoms with Crippen LogP contribution in [0.5, 0.6) is 5.75 Å². The van der Waals surface area contributed by atoms with Crippen molar-refractivity contribution >= 4 is 17.5 Å². The highest BCUT2D eigenvalue weighted by molar-refractivity contribution is 5.91. The molecule has 0 radical (unpaired) electrons. The summed E-state index contributed by atoms with van der Waals surface area (Å²) < 4.78 is 5.17. The molecule has 0 bridgehead atoms. The Labute approximate surface area is 167 Å². The van der Waals surface area contributed by atoms with E-state index in [-0.39, 0.29) is 18.4 Å². The second kappa shape index (κ2) is 11.1. The average molecular weight is 385 g/mol. The molecule has 6 nitrogen and oxygen atoms in total. The molecule has 2 aromatic rings. The summed E-state index contributed by atoms with van der Waals surface area (Å²) in [5, 5.41) is 2.87. The first kappa shape index (κ1) is 21.4.